The Kier molecular flexibility index (Phi) is 13.6. The van der Waals surface area contributed by atoms with Gasteiger partial charge in [-0.15, -0.1) is 0 Å². The quantitative estimate of drug-likeness (QED) is 0.280. The lowest BCUT2D eigenvalue weighted by Gasteiger charge is -2.07. The summed E-state index contributed by atoms with van der Waals surface area (Å²) in [5.74, 6) is 0.980. The third kappa shape index (κ3) is 11.5. The minimum atomic E-state index is 0.947. The van der Waals surface area contributed by atoms with Crippen molar-refractivity contribution in [2.75, 3.05) is 0 Å². The Labute approximate surface area is 151 Å². The van der Waals surface area contributed by atoms with Gasteiger partial charge in [0.15, 0.2) is 0 Å². The molecular formula is C23H39O. The average Bonchev–Trinajstić information content (AvgIpc) is 2.61. The maximum Gasteiger partial charge on any atom is 0.135 e. The van der Waals surface area contributed by atoms with Crippen LogP contribution >= 0.6 is 0 Å². The van der Waals surface area contributed by atoms with Crippen LogP contribution in [0.15, 0.2) is 24.3 Å². The molecule has 0 saturated heterocycles. The van der Waals surface area contributed by atoms with Crippen LogP contribution in [0.2, 0.25) is 0 Å². The summed E-state index contributed by atoms with van der Waals surface area (Å²) in [6.45, 7) is 6.24. The van der Waals surface area contributed by atoms with Gasteiger partial charge in [0.2, 0.25) is 0 Å². The molecule has 24 heavy (non-hydrogen) atoms. The van der Waals surface area contributed by atoms with Crippen LogP contribution in [0.1, 0.15) is 103 Å². The van der Waals surface area contributed by atoms with E-state index in [1.807, 2.05) is 12.7 Å². The van der Waals surface area contributed by atoms with E-state index in [4.69, 9.17) is 4.74 Å². The number of rotatable bonds is 16. The molecule has 0 aromatic heterocycles. The normalized spacial score (nSPS) is 10.9. The van der Waals surface area contributed by atoms with Crippen molar-refractivity contribution >= 4 is 0 Å². The first kappa shape index (κ1) is 21.1. The molecule has 0 amide bonds. The van der Waals surface area contributed by atoms with E-state index in [1.165, 1.54) is 89.0 Å². The van der Waals surface area contributed by atoms with E-state index in [9.17, 15) is 0 Å². The van der Waals surface area contributed by atoms with E-state index in [-0.39, 0.29) is 0 Å². The molecule has 1 aromatic carbocycles. The van der Waals surface area contributed by atoms with Crippen LogP contribution in [0.25, 0.3) is 0 Å². The van der Waals surface area contributed by atoms with Gasteiger partial charge in [-0.25, -0.2) is 0 Å². The molecular weight excluding hydrogens is 292 g/mol. The second-order valence-electron chi connectivity index (χ2n) is 6.98. The average molecular weight is 332 g/mol. The molecule has 0 fully saturated rings. The lowest BCUT2D eigenvalue weighted by atomic mass is 10.0. The number of benzene rings is 1. The monoisotopic (exact) mass is 331 g/mol. The molecule has 0 aliphatic carbocycles. The van der Waals surface area contributed by atoms with E-state index in [0.717, 1.165) is 12.2 Å². The molecule has 0 spiro atoms. The fourth-order valence-corrected chi connectivity index (χ4v) is 3.12. The van der Waals surface area contributed by atoms with E-state index < -0.39 is 0 Å². The Balaban J connectivity index is 1.93. The topological polar surface area (TPSA) is 9.23 Å². The van der Waals surface area contributed by atoms with Crippen molar-refractivity contribution in [1.82, 2.24) is 0 Å². The van der Waals surface area contributed by atoms with Gasteiger partial charge in [0.05, 0.1) is 0 Å². The third-order valence-electron chi connectivity index (χ3n) is 4.60. The van der Waals surface area contributed by atoms with E-state index >= 15 is 0 Å². The van der Waals surface area contributed by atoms with Crippen molar-refractivity contribution in [3.63, 3.8) is 0 Å². The minimum absolute atomic E-state index is 0.947. The summed E-state index contributed by atoms with van der Waals surface area (Å²) < 4.78 is 5.58. The van der Waals surface area contributed by atoms with Crippen LogP contribution in [0, 0.1) is 6.61 Å². The summed E-state index contributed by atoms with van der Waals surface area (Å²) in [6, 6.07) is 8.55. The smallest absolute Gasteiger partial charge is 0.135 e. The number of unbranched alkanes of at least 4 members (excludes halogenated alkanes) is 11. The van der Waals surface area contributed by atoms with Gasteiger partial charge in [0.25, 0.3) is 0 Å². The minimum Gasteiger partial charge on any atom is -0.487 e. The van der Waals surface area contributed by atoms with Crippen LogP contribution in [0.4, 0.5) is 0 Å². The van der Waals surface area contributed by atoms with Crippen molar-refractivity contribution in [2.45, 2.75) is 104 Å². The van der Waals surface area contributed by atoms with Gasteiger partial charge < -0.3 is 4.74 Å². The zero-order valence-electron chi connectivity index (χ0n) is 16.2. The predicted octanol–water partition coefficient (Wildman–Crippen LogP) is 7.88. The SMILES string of the molecule is CC[CH]Oc1cccc(CCCCCCCCCCCCCC)c1. The first-order chi connectivity index (χ1) is 11.9. The third-order valence-corrected chi connectivity index (χ3v) is 4.60. The lowest BCUT2D eigenvalue weighted by molar-refractivity contribution is 0.397. The van der Waals surface area contributed by atoms with E-state index in [0.29, 0.717) is 0 Å². The number of hydrogen-bond acceptors (Lipinski definition) is 1. The summed E-state index contributed by atoms with van der Waals surface area (Å²) in [6.07, 6.45) is 19.1. The first-order valence-corrected chi connectivity index (χ1v) is 10.4. The molecule has 1 heteroatoms. The highest BCUT2D eigenvalue weighted by Gasteiger charge is 1.98. The molecule has 0 bridgehead atoms. The molecule has 0 N–H and O–H groups in total. The van der Waals surface area contributed by atoms with Gasteiger partial charge in [-0.05, 0) is 37.0 Å². The van der Waals surface area contributed by atoms with Crippen molar-refractivity contribution in [3.8, 4) is 5.75 Å². The summed E-state index contributed by atoms with van der Waals surface area (Å²) in [4.78, 5) is 0. The highest BCUT2D eigenvalue weighted by molar-refractivity contribution is 5.28. The van der Waals surface area contributed by atoms with Gasteiger partial charge in [0.1, 0.15) is 12.4 Å². The van der Waals surface area contributed by atoms with Gasteiger partial charge in [-0.2, -0.15) is 0 Å². The van der Waals surface area contributed by atoms with Crippen LogP contribution < -0.4 is 4.74 Å². The second-order valence-corrected chi connectivity index (χ2v) is 6.98. The molecule has 0 unspecified atom stereocenters. The molecule has 1 nitrogen and oxygen atoms in total. The Morgan fingerprint density at radius 3 is 1.92 bits per heavy atom. The van der Waals surface area contributed by atoms with Gasteiger partial charge in [0, 0.05) is 0 Å². The highest BCUT2D eigenvalue weighted by Crippen LogP contribution is 2.17. The zero-order chi connectivity index (χ0) is 17.3. The number of ether oxygens (including phenoxy) is 1. The molecule has 1 rings (SSSR count). The summed E-state index contributed by atoms with van der Waals surface area (Å²) >= 11 is 0. The zero-order valence-corrected chi connectivity index (χ0v) is 16.2. The van der Waals surface area contributed by atoms with E-state index in [1.54, 1.807) is 0 Å². The first-order valence-electron chi connectivity index (χ1n) is 10.4. The van der Waals surface area contributed by atoms with Crippen LogP contribution in [0.3, 0.4) is 0 Å². The molecule has 137 valence electrons. The fourth-order valence-electron chi connectivity index (χ4n) is 3.12. The number of hydrogen-bond donors (Lipinski definition) is 0. The molecule has 0 aliphatic heterocycles. The second kappa shape index (κ2) is 15.5. The van der Waals surface area contributed by atoms with Gasteiger partial charge >= 0.3 is 0 Å². The summed E-state index contributed by atoms with van der Waals surface area (Å²) in [5.41, 5.74) is 1.41. The molecule has 0 aliphatic rings. The summed E-state index contributed by atoms with van der Waals surface area (Å²) in [7, 11) is 0. The van der Waals surface area contributed by atoms with E-state index in [2.05, 4.69) is 32.0 Å². The Morgan fingerprint density at radius 2 is 1.33 bits per heavy atom. The van der Waals surface area contributed by atoms with Crippen molar-refractivity contribution in [3.05, 3.63) is 36.4 Å². The molecule has 1 radical (unpaired) electrons. The number of aryl methyl sites for hydroxylation is 1. The Morgan fingerprint density at radius 1 is 0.750 bits per heavy atom. The van der Waals surface area contributed by atoms with Gasteiger partial charge in [-0.1, -0.05) is 96.6 Å². The van der Waals surface area contributed by atoms with Gasteiger partial charge in [-0.3, -0.25) is 0 Å². The van der Waals surface area contributed by atoms with Crippen LogP contribution in [-0.4, -0.2) is 0 Å². The largest absolute Gasteiger partial charge is 0.487 e. The fraction of sp³-hybridized carbons (Fsp3) is 0.696. The predicted molar refractivity (Wildman–Crippen MR) is 106 cm³/mol. The molecule has 0 saturated carbocycles. The molecule has 0 heterocycles. The maximum absolute atomic E-state index is 5.58. The van der Waals surface area contributed by atoms with Crippen molar-refractivity contribution in [2.24, 2.45) is 0 Å². The Bertz CT molecular complexity index is 385. The van der Waals surface area contributed by atoms with Crippen LogP contribution in [0.5, 0.6) is 5.75 Å². The highest BCUT2D eigenvalue weighted by atomic mass is 16.5. The molecule has 1 aromatic rings. The standard InChI is InChI=1S/C23H39O/c1-3-5-6-7-8-9-10-11-12-13-14-15-17-22-18-16-19-23(21-22)24-20-4-2/h16,18-21H,3-15,17H2,1-2H3. The van der Waals surface area contributed by atoms with Crippen LogP contribution in [-0.2, 0) is 6.42 Å². The lowest BCUT2D eigenvalue weighted by Crippen LogP contribution is -1.91. The maximum atomic E-state index is 5.58. The Hall–Kier alpha value is -0.980. The summed E-state index contributed by atoms with van der Waals surface area (Å²) in [5, 5.41) is 0. The van der Waals surface area contributed by atoms with Crippen molar-refractivity contribution < 1.29 is 4.74 Å². The van der Waals surface area contributed by atoms with Crippen molar-refractivity contribution in [1.29, 1.82) is 0 Å². The molecule has 0 atom stereocenters.